The van der Waals surface area contributed by atoms with Crippen LogP contribution in [0.25, 0.3) is 0 Å². The second-order valence-corrected chi connectivity index (χ2v) is 6.71. The van der Waals surface area contributed by atoms with Gasteiger partial charge in [0, 0.05) is 30.8 Å². The molecule has 0 amide bonds. The molecule has 1 aliphatic heterocycles. The number of nitriles is 2. The molecule has 0 N–H and O–H groups in total. The first-order valence-electron chi connectivity index (χ1n) is 8.85. The normalized spacial score (nSPS) is 16.8. The monoisotopic (exact) mass is 333 g/mol. The summed E-state index contributed by atoms with van der Waals surface area (Å²) in [5.41, 5.74) is 4.94. The molecule has 0 unspecified atom stereocenters. The van der Waals surface area contributed by atoms with E-state index in [1.165, 1.54) is 12.8 Å². The van der Waals surface area contributed by atoms with Crippen LogP contribution in [0.1, 0.15) is 59.3 Å². The van der Waals surface area contributed by atoms with Gasteiger partial charge in [0.25, 0.3) is 0 Å². The number of hydrogen-bond donors (Lipinski definition) is 0. The molecule has 0 radical (unpaired) electrons. The van der Waals surface area contributed by atoms with Gasteiger partial charge in [-0.15, -0.1) is 0 Å². The smallest absolute Gasteiger partial charge is 0.148 e. The lowest BCUT2D eigenvalue weighted by Gasteiger charge is -2.29. The summed E-state index contributed by atoms with van der Waals surface area (Å²) in [7, 11) is 0. The molecule has 2 aromatic heterocycles. The summed E-state index contributed by atoms with van der Waals surface area (Å²) in [5.74, 6) is 0.644. The Morgan fingerprint density at radius 3 is 2.56 bits per heavy atom. The average molecular weight is 333 g/mol. The summed E-state index contributed by atoms with van der Waals surface area (Å²) < 4.78 is 5.06. The molecule has 3 heterocycles. The van der Waals surface area contributed by atoms with Crippen LogP contribution in [0.4, 0.5) is 5.82 Å². The van der Waals surface area contributed by atoms with Crippen molar-refractivity contribution < 1.29 is 4.52 Å². The van der Waals surface area contributed by atoms with E-state index in [0.717, 1.165) is 61.2 Å². The number of aromatic nitrogens is 2. The third-order valence-corrected chi connectivity index (χ3v) is 5.19. The van der Waals surface area contributed by atoms with Gasteiger partial charge in [-0.05, 0) is 31.2 Å². The van der Waals surface area contributed by atoms with Gasteiger partial charge >= 0.3 is 0 Å². The van der Waals surface area contributed by atoms with Crippen LogP contribution in [0.3, 0.4) is 0 Å². The molecule has 0 atom stereocenters. The summed E-state index contributed by atoms with van der Waals surface area (Å²) in [4.78, 5) is 6.96. The topological polar surface area (TPSA) is 89.7 Å². The van der Waals surface area contributed by atoms with Crippen molar-refractivity contribution in [1.29, 1.82) is 10.5 Å². The van der Waals surface area contributed by atoms with Crippen LogP contribution >= 0.6 is 0 Å². The second kappa shape index (κ2) is 6.57. The van der Waals surface area contributed by atoms with Crippen LogP contribution in [0, 0.1) is 22.7 Å². The molecule has 4 rings (SSSR count). The highest BCUT2D eigenvalue weighted by Crippen LogP contribution is 2.32. The van der Waals surface area contributed by atoms with Gasteiger partial charge in [-0.3, -0.25) is 0 Å². The Morgan fingerprint density at radius 1 is 0.960 bits per heavy atom. The first-order valence-corrected chi connectivity index (χ1v) is 8.85. The van der Waals surface area contributed by atoms with Crippen LogP contribution in [0.5, 0.6) is 0 Å². The Hall–Kier alpha value is -2.86. The van der Waals surface area contributed by atoms with E-state index in [4.69, 9.17) is 9.51 Å². The van der Waals surface area contributed by atoms with Crippen molar-refractivity contribution >= 4 is 5.82 Å². The molecule has 0 saturated heterocycles. The number of rotatable bonds is 1. The zero-order chi connectivity index (χ0) is 17.2. The van der Waals surface area contributed by atoms with E-state index < -0.39 is 0 Å². The van der Waals surface area contributed by atoms with E-state index >= 15 is 0 Å². The summed E-state index contributed by atoms with van der Waals surface area (Å²) in [6.45, 7) is 1.34. The van der Waals surface area contributed by atoms with Gasteiger partial charge in [-0.25, -0.2) is 4.98 Å². The van der Waals surface area contributed by atoms with Crippen molar-refractivity contribution in [3.63, 3.8) is 0 Å². The Morgan fingerprint density at radius 2 is 1.76 bits per heavy atom. The molecule has 0 fully saturated rings. The van der Waals surface area contributed by atoms with Gasteiger partial charge in [-0.2, -0.15) is 10.5 Å². The Kier molecular flexibility index (Phi) is 4.11. The Labute approximate surface area is 146 Å². The molecule has 6 nitrogen and oxygen atoms in total. The quantitative estimate of drug-likeness (QED) is 0.797. The summed E-state index contributed by atoms with van der Waals surface area (Å²) in [5, 5.41) is 23.5. The molecule has 126 valence electrons. The fourth-order valence-corrected chi connectivity index (χ4v) is 3.86. The molecule has 0 bridgehead atoms. The average Bonchev–Trinajstić information content (AvgIpc) is 3.08. The zero-order valence-electron chi connectivity index (χ0n) is 14.1. The molecule has 1 aliphatic carbocycles. The van der Waals surface area contributed by atoms with Crippen LogP contribution in [0.2, 0.25) is 0 Å². The van der Waals surface area contributed by atoms with Gasteiger partial charge in [0.15, 0.2) is 0 Å². The highest BCUT2D eigenvalue weighted by molar-refractivity contribution is 5.65. The number of anilines is 1. The first-order chi connectivity index (χ1) is 12.3. The third-order valence-electron chi connectivity index (χ3n) is 5.19. The van der Waals surface area contributed by atoms with Crippen LogP contribution in [0.15, 0.2) is 10.8 Å². The fraction of sp³-hybridized carbons (Fsp3) is 0.474. The third kappa shape index (κ3) is 2.74. The molecule has 2 aliphatic rings. The molecule has 25 heavy (non-hydrogen) atoms. The van der Waals surface area contributed by atoms with Crippen molar-refractivity contribution in [2.45, 2.75) is 51.5 Å². The van der Waals surface area contributed by atoms with E-state index in [2.05, 4.69) is 22.2 Å². The summed E-state index contributed by atoms with van der Waals surface area (Å²) in [6.07, 6.45) is 8.67. The molecule has 6 heteroatoms. The van der Waals surface area contributed by atoms with E-state index in [1.54, 1.807) is 6.26 Å². The molecule has 2 aromatic rings. The number of hydrogen-bond acceptors (Lipinski definition) is 6. The Balaban J connectivity index is 1.81. The SMILES string of the molecule is N#Cc1c(N2CCc3nocc3C2)nc2c(c1C#N)CCCCCC2. The van der Waals surface area contributed by atoms with Gasteiger partial charge in [0.05, 0.1) is 11.3 Å². The lowest BCUT2D eigenvalue weighted by Crippen LogP contribution is -2.32. The van der Waals surface area contributed by atoms with Crippen LogP contribution in [-0.2, 0) is 25.8 Å². The highest BCUT2D eigenvalue weighted by Gasteiger charge is 2.27. The second-order valence-electron chi connectivity index (χ2n) is 6.71. The maximum absolute atomic E-state index is 9.75. The van der Waals surface area contributed by atoms with Gasteiger partial charge < -0.3 is 9.42 Å². The van der Waals surface area contributed by atoms with Crippen molar-refractivity contribution in [3.05, 3.63) is 39.9 Å². The van der Waals surface area contributed by atoms with Gasteiger partial charge in [0.1, 0.15) is 29.8 Å². The largest absolute Gasteiger partial charge is 0.364 e. The van der Waals surface area contributed by atoms with Crippen molar-refractivity contribution in [1.82, 2.24) is 10.1 Å². The maximum atomic E-state index is 9.75. The standard InChI is InChI=1S/C19H19N5O/c20-9-15-14-5-3-1-2-4-6-18(14)22-19(16(15)10-21)24-8-7-17-13(11-24)12-25-23-17/h12H,1-8,11H2. The highest BCUT2D eigenvalue weighted by atomic mass is 16.5. The fourth-order valence-electron chi connectivity index (χ4n) is 3.86. The van der Waals surface area contributed by atoms with Crippen molar-refractivity contribution in [2.24, 2.45) is 0 Å². The predicted molar refractivity (Wildman–Crippen MR) is 90.8 cm³/mol. The van der Waals surface area contributed by atoms with E-state index in [9.17, 15) is 10.5 Å². The minimum Gasteiger partial charge on any atom is -0.364 e. The van der Waals surface area contributed by atoms with Gasteiger partial charge in [-0.1, -0.05) is 18.0 Å². The van der Waals surface area contributed by atoms with Crippen molar-refractivity contribution in [2.75, 3.05) is 11.4 Å². The van der Waals surface area contributed by atoms with Crippen molar-refractivity contribution in [3.8, 4) is 12.1 Å². The molecule has 0 spiro atoms. The first kappa shape index (κ1) is 15.7. The zero-order valence-corrected chi connectivity index (χ0v) is 14.1. The molecule has 0 aromatic carbocycles. The lowest BCUT2D eigenvalue weighted by atomic mass is 9.91. The number of aryl methyl sites for hydroxylation is 1. The summed E-state index contributed by atoms with van der Waals surface area (Å²) in [6, 6.07) is 4.55. The maximum Gasteiger partial charge on any atom is 0.148 e. The minimum absolute atomic E-state index is 0.418. The number of pyridine rings is 1. The van der Waals surface area contributed by atoms with E-state index in [1.807, 2.05) is 0 Å². The lowest BCUT2D eigenvalue weighted by molar-refractivity contribution is 0.412. The molecule has 0 saturated carbocycles. The molecular formula is C19H19N5O. The van der Waals surface area contributed by atoms with Gasteiger partial charge in [0.2, 0.25) is 0 Å². The molecular weight excluding hydrogens is 314 g/mol. The summed E-state index contributed by atoms with van der Waals surface area (Å²) >= 11 is 0. The van der Waals surface area contributed by atoms with E-state index in [0.29, 0.717) is 23.5 Å². The van der Waals surface area contributed by atoms with Crippen LogP contribution < -0.4 is 4.90 Å². The number of fused-ring (bicyclic) bond motifs is 2. The predicted octanol–water partition coefficient (Wildman–Crippen LogP) is 3.03. The van der Waals surface area contributed by atoms with E-state index in [-0.39, 0.29) is 0 Å². The Bertz CT molecular complexity index is 886. The minimum atomic E-state index is 0.418. The number of nitrogens with zero attached hydrogens (tertiary/aromatic N) is 5. The van der Waals surface area contributed by atoms with Crippen LogP contribution in [-0.4, -0.2) is 16.7 Å².